The van der Waals surface area contributed by atoms with Crippen LogP contribution in [0.4, 0.5) is 11.4 Å². The van der Waals surface area contributed by atoms with Crippen LogP contribution in [0.3, 0.4) is 0 Å². The number of benzene rings is 1. The highest BCUT2D eigenvalue weighted by Gasteiger charge is 2.30. The third-order valence-corrected chi connectivity index (χ3v) is 4.04. The van der Waals surface area contributed by atoms with Crippen molar-refractivity contribution in [2.45, 2.75) is 26.3 Å². The molecule has 1 atom stereocenters. The monoisotopic (exact) mass is 321 g/mol. The molecule has 1 aromatic rings. The van der Waals surface area contributed by atoms with Crippen LogP contribution in [0.2, 0.25) is 0 Å². The van der Waals surface area contributed by atoms with Gasteiger partial charge in [-0.1, -0.05) is 6.92 Å². The van der Waals surface area contributed by atoms with Crippen molar-refractivity contribution in [1.29, 1.82) is 0 Å². The Kier molecular flexibility index (Phi) is 4.83. The molecule has 0 aliphatic carbocycles. The lowest BCUT2D eigenvalue weighted by Crippen LogP contribution is -2.47. The quantitative estimate of drug-likeness (QED) is 0.606. The van der Waals surface area contributed by atoms with Crippen molar-refractivity contribution in [3.8, 4) is 5.75 Å². The van der Waals surface area contributed by atoms with Crippen LogP contribution >= 0.6 is 0 Å². The molecule has 0 N–H and O–H groups in total. The number of nitrogens with zero attached hydrogens (tertiary/aromatic N) is 3. The van der Waals surface area contributed by atoms with E-state index < -0.39 is 10.8 Å². The van der Waals surface area contributed by atoms with Gasteiger partial charge in [-0.25, -0.2) is 0 Å². The molecule has 0 saturated carbocycles. The zero-order valence-electron chi connectivity index (χ0n) is 13.3. The highest BCUT2D eigenvalue weighted by Crippen LogP contribution is 2.35. The summed E-state index contributed by atoms with van der Waals surface area (Å²) in [5, 5.41) is 10.9. The molecule has 0 aromatic heterocycles. The van der Waals surface area contributed by atoms with E-state index in [0.29, 0.717) is 5.75 Å². The average Bonchev–Trinajstić information content (AvgIpc) is 2.55. The predicted molar refractivity (Wildman–Crippen MR) is 83.5 cm³/mol. The molecule has 1 aliphatic rings. The minimum absolute atomic E-state index is 0.0447. The van der Waals surface area contributed by atoms with Gasteiger partial charge in [0.05, 0.1) is 10.6 Å². The number of likely N-dealkylation sites (N-methyl/N-ethyl adjacent to an activating group) is 1. The maximum atomic E-state index is 12.3. The second kappa shape index (κ2) is 6.64. The van der Waals surface area contributed by atoms with E-state index in [1.54, 1.807) is 11.9 Å². The molecule has 1 unspecified atom stereocenters. The van der Waals surface area contributed by atoms with Gasteiger partial charge in [0.15, 0.2) is 6.61 Å². The van der Waals surface area contributed by atoms with E-state index in [1.807, 2.05) is 13.8 Å². The largest absolute Gasteiger partial charge is 0.482 e. The Morgan fingerprint density at radius 2 is 2.22 bits per heavy atom. The molecule has 8 nitrogen and oxygen atoms in total. The van der Waals surface area contributed by atoms with Gasteiger partial charge in [0.2, 0.25) is 5.91 Å². The number of ether oxygens (including phenoxy) is 1. The first-order chi connectivity index (χ1) is 10.8. The topological polar surface area (TPSA) is 93.0 Å². The fraction of sp³-hybridized carbons (Fsp3) is 0.467. The molecular formula is C15H19N3O5. The lowest BCUT2D eigenvalue weighted by atomic mass is 10.2. The Hall–Kier alpha value is -2.64. The maximum absolute atomic E-state index is 12.3. The van der Waals surface area contributed by atoms with E-state index in [-0.39, 0.29) is 36.5 Å². The molecule has 0 saturated heterocycles. The van der Waals surface area contributed by atoms with E-state index in [0.717, 1.165) is 6.42 Å². The van der Waals surface area contributed by atoms with Gasteiger partial charge >= 0.3 is 0 Å². The number of hydrogen-bond donors (Lipinski definition) is 0. The van der Waals surface area contributed by atoms with Crippen molar-refractivity contribution < 1.29 is 19.2 Å². The van der Waals surface area contributed by atoms with Gasteiger partial charge in [0.1, 0.15) is 12.3 Å². The molecule has 8 heteroatoms. The number of hydrogen-bond acceptors (Lipinski definition) is 5. The van der Waals surface area contributed by atoms with Crippen LogP contribution in [0.1, 0.15) is 20.3 Å². The number of non-ortho nitro benzene ring substituents is 1. The zero-order valence-corrected chi connectivity index (χ0v) is 13.3. The molecule has 0 spiro atoms. The standard InChI is InChI=1S/C15H19N3O5/c1-4-10(2)16(3)14(19)8-17-12-7-11(18(21)22)5-6-13(12)23-9-15(17)20/h5-7,10H,4,8-9H2,1-3H3. The van der Waals surface area contributed by atoms with Crippen LogP contribution in [-0.4, -0.2) is 47.9 Å². The molecular weight excluding hydrogens is 302 g/mol. The summed E-state index contributed by atoms with van der Waals surface area (Å²) in [5.74, 6) is -0.273. The van der Waals surface area contributed by atoms with Gasteiger partial charge < -0.3 is 9.64 Å². The van der Waals surface area contributed by atoms with Crippen LogP contribution in [0.5, 0.6) is 5.75 Å². The highest BCUT2D eigenvalue weighted by molar-refractivity contribution is 6.02. The van der Waals surface area contributed by atoms with Crippen molar-refractivity contribution in [3.63, 3.8) is 0 Å². The van der Waals surface area contributed by atoms with E-state index in [4.69, 9.17) is 4.74 Å². The van der Waals surface area contributed by atoms with E-state index >= 15 is 0 Å². The maximum Gasteiger partial charge on any atom is 0.271 e. The lowest BCUT2D eigenvalue weighted by molar-refractivity contribution is -0.384. The molecule has 23 heavy (non-hydrogen) atoms. The summed E-state index contributed by atoms with van der Waals surface area (Å²) in [6, 6.07) is 4.04. The molecule has 1 aliphatic heterocycles. The van der Waals surface area contributed by atoms with Crippen LogP contribution in [-0.2, 0) is 9.59 Å². The number of amides is 2. The van der Waals surface area contributed by atoms with Gasteiger partial charge in [0, 0.05) is 25.2 Å². The van der Waals surface area contributed by atoms with Gasteiger partial charge in [-0.15, -0.1) is 0 Å². The third-order valence-electron chi connectivity index (χ3n) is 4.04. The number of nitro benzene ring substituents is 1. The van der Waals surface area contributed by atoms with Crippen molar-refractivity contribution in [3.05, 3.63) is 28.3 Å². The fourth-order valence-electron chi connectivity index (χ4n) is 2.24. The first-order valence-electron chi connectivity index (χ1n) is 7.32. The summed E-state index contributed by atoms with van der Waals surface area (Å²) < 4.78 is 5.27. The molecule has 124 valence electrons. The van der Waals surface area contributed by atoms with Crippen molar-refractivity contribution in [2.24, 2.45) is 0 Å². The molecule has 2 rings (SSSR count). The smallest absolute Gasteiger partial charge is 0.271 e. The Labute approximate surface area is 133 Å². The molecule has 0 radical (unpaired) electrons. The number of carbonyl (C=O) groups excluding carboxylic acids is 2. The van der Waals surface area contributed by atoms with Gasteiger partial charge in [-0.2, -0.15) is 0 Å². The summed E-state index contributed by atoms with van der Waals surface area (Å²) >= 11 is 0. The summed E-state index contributed by atoms with van der Waals surface area (Å²) in [4.78, 5) is 37.6. The lowest BCUT2D eigenvalue weighted by Gasteiger charge is -2.31. The summed E-state index contributed by atoms with van der Waals surface area (Å²) in [6.07, 6.45) is 0.793. The van der Waals surface area contributed by atoms with E-state index in [2.05, 4.69) is 0 Å². The first-order valence-corrected chi connectivity index (χ1v) is 7.32. The number of fused-ring (bicyclic) bond motifs is 1. The minimum Gasteiger partial charge on any atom is -0.482 e. The Morgan fingerprint density at radius 3 is 2.83 bits per heavy atom. The summed E-state index contributed by atoms with van der Waals surface area (Å²) in [5.41, 5.74) is 0.0936. The normalized spacial score (nSPS) is 14.7. The second-order valence-corrected chi connectivity index (χ2v) is 5.44. The number of rotatable bonds is 5. The van der Waals surface area contributed by atoms with E-state index in [9.17, 15) is 19.7 Å². The molecule has 2 amide bonds. The van der Waals surface area contributed by atoms with Crippen LogP contribution < -0.4 is 9.64 Å². The van der Waals surface area contributed by atoms with Crippen molar-refractivity contribution >= 4 is 23.2 Å². The Bertz CT molecular complexity index is 646. The third kappa shape index (κ3) is 3.41. The van der Waals surface area contributed by atoms with Crippen molar-refractivity contribution in [1.82, 2.24) is 4.90 Å². The molecule has 0 fully saturated rings. The zero-order chi connectivity index (χ0) is 17.1. The SMILES string of the molecule is CCC(C)N(C)C(=O)CN1C(=O)COc2ccc([N+](=O)[O-])cc21. The van der Waals surface area contributed by atoms with Crippen LogP contribution in [0, 0.1) is 10.1 Å². The van der Waals surface area contributed by atoms with Crippen molar-refractivity contribution in [2.75, 3.05) is 25.1 Å². The highest BCUT2D eigenvalue weighted by atomic mass is 16.6. The average molecular weight is 321 g/mol. The Morgan fingerprint density at radius 1 is 1.52 bits per heavy atom. The van der Waals surface area contributed by atoms with Crippen LogP contribution in [0.15, 0.2) is 18.2 Å². The molecule has 1 heterocycles. The predicted octanol–water partition coefficient (Wildman–Crippen LogP) is 1.58. The molecule has 0 bridgehead atoms. The first kappa shape index (κ1) is 16.7. The summed E-state index contributed by atoms with van der Waals surface area (Å²) in [7, 11) is 1.68. The minimum atomic E-state index is -0.551. The second-order valence-electron chi connectivity index (χ2n) is 5.44. The number of carbonyl (C=O) groups is 2. The summed E-state index contributed by atoms with van der Waals surface area (Å²) in [6.45, 7) is 3.52. The van der Waals surface area contributed by atoms with Gasteiger partial charge in [0.25, 0.3) is 11.6 Å². The van der Waals surface area contributed by atoms with Crippen LogP contribution in [0.25, 0.3) is 0 Å². The van der Waals surface area contributed by atoms with Gasteiger partial charge in [-0.3, -0.25) is 24.6 Å². The number of nitro groups is 1. The van der Waals surface area contributed by atoms with Gasteiger partial charge in [-0.05, 0) is 19.4 Å². The Balaban J connectivity index is 2.29. The number of anilines is 1. The fourth-order valence-corrected chi connectivity index (χ4v) is 2.24. The van der Waals surface area contributed by atoms with E-state index in [1.165, 1.54) is 23.1 Å². The molecule has 1 aromatic carbocycles.